The minimum absolute atomic E-state index is 0.0878. The van der Waals surface area contributed by atoms with Crippen LogP contribution in [0.5, 0.6) is 0 Å². The molecule has 0 atom stereocenters. The van der Waals surface area contributed by atoms with Gasteiger partial charge in [0.1, 0.15) is 5.82 Å². The summed E-state index contributed by atoms with van der Waals surface area (Å²) < 4.78 is 14.4. The minimum Gasteiger partial charge on any atom is -0.399 e. The predicted octanol–water partition coefficient (Wildman–Crippen LogP) is 3.37. The van der Waals surface area contributed by atoms with Gasteiger partial charge in [-0.25, -0.2) is 4.39 Å². The molecule has 0 fully saturated rings. The summed E-state index contributed by atoms with van der Waals surface area (Å²) in [6, 6.07) is 10.3. The van der Waals surface area contributed by atoms with Crippen LogP contribution < -0.4 is 5.73 Å². The molecule has 0 aliphatic carbocycles. The van der Waals surface area contributed by atoms with Crippen molar-refractivity contribution in [2.24, 2.45) is 0 Å². The van der Waals surface area contributed by atoms with Crippen molar-refractivity contribution in [2.75, 3.05) is 12.3 Å². The van der Waals surface area contributed by atoms with E-state index in [9.17, 15) is 9.18 Å². The molecule has 1 aliphatic heterocycles. The smallest absolute Gasteiger partial charge is 0.258 e. The molecule has 0 saturated heterocycles. The van der Waals surface area contributed by atoms with E-state index in [1.54, 1.807) is 17.0 Å². The second-order valence-corrected chi connectivity index (χ2v) is 5.96. The Bertz CT molecular complexity index is 697. The van der Waals surface area contributed by atoms with E-state index < -0.39 is 5.82 Å². The van der Waals surface area contributed by atoms with Crippen LogP contribution in [-0.2, 0) is 13.0 Å². The van der Waals surface area contributed by atoms with E-state index in [1.807, 2.05) is 18.2 Å². The van der Waals surface area contributed by atoms with Crippen LogP contribution in [0.2, 0.25) is 0 Å². The number of carbonyl (C=O) groups excluding carboxylic acids is 1. The molecule has 21 heavy (non-hydrogen) atoms. The zero-order valence-electron chi connectivity index (χ0n) is 11.3. The van der Waals surface area contributed by atoms with Gasteiger partial charge >= 0.3 is 0 Å². The zero-order chi connectivity index (χ0) is 15.0. The summed E-state index contributed by atoms with van der Waals surface area (Å²) in [6.07, 6.45) is 0.757. The average molecular weight is 349 g/mol. The number of nitrogen functional groups attached to an aromatic ring is 1. The van der Waals surface area contributed by atoms with Gasteiger partial charge in [-0.3, -0.25) is 4.79 Å². The van der Waals surface area contributed by atoms with Crippen molar-refractivity contribution in [1.82, 2.24) is 4.90 Å². The first-order valence-electron chi connectivity index (χ1n) is 6.67. The molecule has 2 aromatic rings. The quantitative estimate of drug-likeness (QED) is 0.803. The van der Waals surface area contributed by atoms with Crippen molar-refractivity contribution in [3.63, 3.8) is 0 Å². The standard InChI is InChI=1S/C16H14BrFN2O/c17-13-2-1-3-14(18)15(13)16(21)20-7-6-10-4-5-12(19)8-11(10)9-20/h1-5,8H,6-7,9,19H2. The lowest BCUT2D eigenvalue weighted by Crippen LogP contribution is -2.36. The van der Waals surface area contributed by atoms with Gasteiger partial charge in [0.2, 0.25) is 0 Å². The van der Waals surface area contributed by atoms with Crippen LogP contribution in [0, 0.1) is 5.82 Å². The first-order valence-corrected chi connectivity index (χ1v) is 7.46. The van der Waals surface area contributed by atoms with Crippen LogP contribution in [0.3, 0.4) is 0 Å². The van der Waals surface area contributed by atoms with Crippen molar-refractivity contribution in [2.45, 2.75) is 13.0 Å². The number of amides is 1. The number of nitrogens with zero attached hydrogens (tertiary/aromatic N) is 1. The maximum atomic E-state index is 13.9. The number of hydrogen-bond acceptors (Lipinski definition) is 2. The summed E-state index contributed by atoms with van der Waals surface area (Å²) in [5, 5.41) is 0. The van der Waals surface area contributed by atoms with E-state index in [2.05, 4.69) is 15.9 Å². The Morgan fingerprint density at radius 3 is 2.81 bits per heavy atom. The van der Waals surface area contributed by atoms with Crippen molar-refractivity contribution < 1.29 is 9.18 Å². The van der Waals surface area contributed by atoms with Gasteiger partial charge in [-0.1, -0.05) is 12.1 Å². The molecule has 2 N–H and O–H groups in total. The van der Waals surface area contributed by atoms with E-state index in [1.165, 1.54) is 11.6 Å². The molecule has 2 aromatic carbocycles. The molecule has 0 aromatic heterocycles. The molecule has 3 rings (SSSR count). The molecule has 3 nitrogen and oxygen atoms in total. The highest BCUT2D eigenvalue weighted by Crippen LogP contribution is 2.26. The molecule has 0 spiro atoms. The fourth-order valence-corrected chi connectivity index (χ4v) is 3.12. The van der Waals surface area contributed by atoms with Crippen LogP contribution in [0.1, 0.15) is 21.5 Å². The molecule has 5 heteroatoms. The van der Waals surface area contributed by atoms with Gasteiger partial charge in [-0.2, -0.15) is 0 Å². The van der Waals surface area contributed by atoms with E-state index >= 15 is 0 Å². The van der Waals surface area contributed by atoms with Gasteiger partial charge in [-0.15, -0.1) is 0 Å². The molecule has 1 amide bonds. The summed E-state index contributed by atoms with van der Waals surface area (Å²) >= 11 is 3.25. The summed E-state index contributed by atoms with van der Waals surface area (Å²) in [5.74, 6) is -0.805. The fourth-order valence-electron chi connectivity index (χ4n) is 2.61. The number of rotatable bonds is 1. The third-order valence-electron chi connectivity index (χ3n) is 3.71. The molecule has 1 heterocycles. The van der Waals surface area contributed by atoms with Crippen molar-refractivity contribution in [3.05, 3.63) is 63.4 Å². The number of nitrogens with two attached hydrogens (primary N) is 1. The van der Waals surface area contributed by atoms with Crippen LogP contribution in [0.25, 0.3) is 0 Å². The maximum absolute atomic E-state index is 13.9. The van der Waals surface area contributed by atoms with Gasteiger partial charge in [0.25, 0.3) is 5.91 Å². The fraction of sp³-hybridized carbons (Fsp3) is 0.188. The number of halogens is 2. The van der Waals surface area contributed by atoms with Gasteiger partial charge < -0.3 is 10.6 Å². The summed E-state index contributed by atoms with van der Waals surface area (Å²) in [5.41, 5.74) is 8.78. The van der Waals surface area contributed by atoms with Gasteiger partial charge in [0, 0.05) is 23.2 Å². The van der Waals surface area contributed by atoms with Crippen molar-refractivity contribution in [1.29, 1.82) is 0 Å². The Morgan fingerprint density at radius 1 is 1.24 bits per heavy atom. The molecule has 1 aliphatic rings. The van der Waals surface area contributed by atoms with E-state index in [-0.39, 0.29) is 11.5 Å². The zero-order valence-corrected chi connectivity index (χ0v) is 12.9. The van der Waals surface area contributed by atoms with Crippen molar-refractivity contribution in [3.8, 4) is 0 Å². The lowest BCUT2D eigenvalue weighted by Gasteiger charge is -2.29. The Balaban J connectivity index is 1.91. The third kappa shape index (κ3) is 2.65. The number of carbonyl (C=O) groups is 1. The SMILES string of the molecule is Nc1ccc2c(c1)CN(C(=O)c1c(F)cccc1Br)CC2. The lowest BCUT2D eigenvalue weighted by atomic mass is 9.98. The Hall–Kier alpha value is -1.88. The Morgan fingerprint density at radius 2 is 2.05 bits per heavy atom. The second-order valence-electron chi connectivity index (χ2n) is 5.10. The largest absolute Gasteiger partial charge is 0.399 e. The van der Waals surface area contributed by atoms with Gasteiger partial charge in [-0.05, 0) is 57.7 Å². The molecular weight excluding hydrogens is 335 g/mol. The summed E-state index contributed by atoms with van der Waals surface area (Å²) in [6.45, 7) is 1.04. The molecule has 0 unspecified atom stereocenters. The normalized spacial score (nSPS) is 13.9. The summed E-state index contributed by atoms with van der Waals surface area (Å²) in [4.78, 5) is 14.2. The first kappa shape index (κ1) is 14.1. The number of hydrogen-bond donors (Lipinski definition) is 1. The predicted molar refractivity (Wildman–Crippen MR) is 83.4 cm³/mol. The van der Waals surface area contributed by atoms with Crippen LogP contribution in [0.4, 0.5) is 10.1 Å². The van der Waals surface area contributed by atoms with Crippen LogP contribution in [0.15, 0.2) is 40.9 Å². The van der Waals surface area contributed by atoms with E-state index in [0.717, 1.165) is 12.0 Å². The number of anilines is 1. The third-order valence-corrected chi connectivity index (χ3v) is 4.37. The van der Waals surface area contributed by atoms with Gasteiger partial charge in [0.05, 0.1) is 5.56 Å². The summed E-state index contributed by atoms with van der Waals surface area (Å²) in [7, 11) is 0. The molecule has 0 bridgehead atoms. The molecule has 0 saturated carbocycles. The highest BCUT2D eigenvalue weighted by molar-refractivity contribution is 9.10. The topological polar surface area (TPSA) is 46.3 Å². The monoisotopic (exact) mass is 348 g/mol. The molecule has 0 radical (unpaired) electrons. The Labute approximate surface area is 130 Å². The average Bonchev–Trinajstić information content (AvgIpc) is 2.46. The van der Waals surface area contributed by atoms with Gasteiger partial charge in [0.15, 0.2) is 0 Å². The lowest BCUT2D eigenvalue weighted by molar-refractivity contribution is 0.0729. The van der Waals surface area contributed by atoms with E-state index in [4.69, 9.17) is 5.73 Å². The molecule has 108 valence electrons. The highest BCUT2D eigenvalue weighted by atomic mass is 79.9. The Kier molecular flexibility index (Phi) is 3.68. The van der Waals surface area contributed by atoms with E-state index in [0.29, 0.717) is 23.2 Å². The number of fused-ring (bicyclic) bond motifs is 1. The maximum Gasteiger partial charge on any atom is 0.258 e. The second kappa shape index (κ2) is 5.48. The van der Waals surface area contributed by atoms with Crippen LogP contribution >= 0.6 is 15.9 Å². The van der Waals surface area contributed by atoms with Crippen LogP contribution in [-0.4, -0.2) is 17.4 Å². The first-order chi connectivity index (χ1) is 10.1. The number of benzene rings is 2. The molecular formula is C16H14BrFN2O. The minimum atomic E-state index is -0.507. The highest BCUT2D eigenvalue weighted by Gasteiger charge is 2.25. The van der Waals surface area contributed by atoms with Crippen molar-refractivity contribution >= 4 is 27.5 Å².